The highest BCUT2D eigenvalue weighted by Crippen LogP contribution is 2.30. The molecule has 0 N–H and O–H groups in total. The minimum absolute atomic E-state index is 0.158. The molecule has 7 nitrogen and oxygen atoms in total. The van der Waals surface area contributed by atoms with Gasteiger partial charge in [-0.3, -0.25) is 9.20 Å². The SMILES string of the molecule is Cc1nc2ccc(C(F)(F)F)cn2c1C(=O)N1CCN(c2ncccn2)CC1. The van der Waals surface area contributed by atoms with E-state index in [4.69, 9.17) is 0 Å². The molecule has 0 atom stereocenters. The van der Waals surface area contributed by atoms with E-state index in [1.165, 1.54) is 10.5 Å². The van der Waals surface area contributed by atoms with Crippen molar-refractivity contribution in [2.24, 2.45) is 0 Å². The Morgan fingerprint density at radius 3 is 2.39 bits per heavy atom. The standard InChI is InChI=1S/C18H17F3N6O/c1-12-15(27-11-13(18(19,20)21)3-4-14(27)24-12)16(28)25-7-9-26(10-8-25)17-22-5-2-6-23-17/h2-6,11H,7-10H2,1H3. The van der Waals surface area contributed by atoms with Crippen LogP contribution in [-0.2, 0) is 6.18 Å². The van der Waals surface area contributed by atoms with E-state index in [9.17, 15) is 18.0 Å². The molecule has 1 aliphatic rings. The molecule has 3 aromatic rings. The van der Waals surface area contributed by atoms with Crippen molar-refractivity contribution in [2.45, 2.75) is 13.1 Å². The number of fused-ring (bicyclic) bond motifs is 1. The first kappa shape index (κ1) is 18.2. The Balaban J connectivity index is 1.58. The molecule has 0 unspecified atom stereocenters. The largest absolute Gasteiger partial charge is 0.417 e. The van der Waals surface area contributed by atoms with Crippen LogP contribution in [0.3, 0.4) is 0 Å². The van der Waals surface area contributed by atoms with Crippen molar-refractivity contribution in [2.75, 3.05) is 31.1 Å². The predicted molar refractivity (Wildman–Crippen MR) is 95.1 cm³/mol. The second-order valence-corrected chi connectivity index (χ2v) is 6.52. The number of amides is 1. The predicted octanol–water partition coefficient (Wildman–Crippen LogP) is 2.41. The van der Waals surface area contributed by atoms with Crippen molar-refractivity contribution in [1.29, 1.82) is 0 Å². The zero-order valence-electron chi connectivity index (χ0n) is 15.0. The number of anilines is 1. The molecule has 0 bridgehead atoms. The molecule has 0 aromatic carbocycles. The summed E-state index contributed by atoms with van der Waals surface area (Å²) in [6.45, 7) is 3.55. The van der Waals surface area contributed by atoms with Gasteiger partial charge >= 0.3 is 6.18 Å². The number of nitrogens with zero attached hydrogens (tertiary/aromatic N) is 6. The Labute approximate surface area is 158 Å². The molecule has 1 aliphatic heterocycles. The summed E-state index contributed by atoms with van der Waals surface area (Å²) in [5, 5.41) is 0. The molecule has 0 aliphatic carbocycles. The molecule has 1 fully saturated rings. The number of halogens is 3. The Kier molecular flexibility index (Phi) is 4.40. The van der Waals surface area contributed by atoms with Crippen molar-refractivity contribution >= 4 is 17.5 Å². The lowest BCUT2D eigenvalue weighted by Crippen LogP contribution is -2.49. The fourth-order valence-corrected chi connectivity index (χ4v) is 3.30. The van der Waals surface area contributed by atoms with Gasteiger partial charge in [0.25, 0.3) is 5.91 Å². The Bertz CT molecular complexity index is 1010. The van der Waals surface area contributed by atoms with Gasteiger partial charge in [0, 0.05) is 44.8 Å². The Hall–Kier alpha value is -3.17. The average Bonchev–Trinajstić information content (AvgIpc) is 3.02. The number of imidazole rings is 1. The monoisotopic (exact) mass is 390 g/mol. The van der Waals surface area contributed by atoms with E-state index in [2.05, 4.69) is 15.0 Å². The van der Waals surface area contributed by atoms with Gasteiger partial charge in [-0.15, -0.1) is 0 Å². The summed E-state index contributed by atoms with van der Waals surface area (Å²) in [7, 11) is 0. The summed E-state index contributed by atoms with van der Waals surface area (Å²) < 4.78 is 40.4. The molecule has 1 saturated heterocycles. The second-order valence-electron chi connectivity index (χ2n) is 6.52. The van der Waals surface area contributed by atoms with E-state index in [0.29, 0.717) is 43.5 Å². The first-order valence-corrected chi connectivity index (χ1v) is 8.72. The second kappa shape index (κ2) is 6.77. The summed E-state index contributed by atoms with van der Waals surface area (Å²) in [6, 6.07) is 3.97. The molecule has 4 heterocycles. The normalized spacial score (nSPS) is 15.3. The molecule has 4 rings (SSSR count). The number of aryl methyl sites for hydroxylation is 1. The molecular weight excluding hydrogens is 373 g/mol. The van der Waals surface area contributed by atoms with E-state index in [1.807, 2.05) is 4.90 Å². The Morgan fingerprint density at radius 1 is 1.07 bits per heavy atom. The van der Waals surface area contributed by atoms with Gasteiger partial charge in [0.05, 0.1) is 11.3 Å². The third-order valence-electron chi connectivity index (χ3n) is 4.72. The highest BCUT2D eigenvalue weighted by Gasteiger charge is 2.32. The van der Waals surface area contributed by atoms with Crippen LogP contribution in [0, 0.1) is 6.92 Å². The number of carbonyl (C=O) groups excluding carboxylic acids is 1. The van der Waals surface area contributed by atoms with Crippen LogP contribution in [0.15, 0.2) is 36.8 Å². The van der Waals surface area contributed by atoms with Gasteiger partial charge in [-0.1, -0.05) is 0 Å². The van der Waals surface area contributed by atoms with E-state index in [1.54, 1.807) is 30.3 Å². The van der Waals surface area contributed by atoms with Gasteiger partial charge in [0.1, 0.15) is 11.3 Å². The maximum Gasteiger partial charge on any atom is 0.417 e. The number of piperazine rings is 1. The third kappa shape index (κ3) is 3.25. The summed E-state index contributed by atoms with van der Waals surface area (Å²) in [5.41, 5.74) is 0.0475. The highest BCUT2D eigenvalue weighted by atomic mass is 19.4. The minimum atomic E-state index is -4.49. The van der Waals surface area contributed by atoms with Crippen molar-refractivity contribution in [3.8, 4) is 0 Å². The molecular formula is C18H17F3N6O. The molecule has 3 aromatic heterocycles. The van der Waals surface area contributed by atoms with E-state index in [0.717, 1.165) is 12.3 Å². The van der Waals surface area contributed by atoms with Crippen LogP contribution in [0.5, 0.6) is 0 Å². The van der Waals surface area contributed by atoms with Crippen molar-refractivity contribution in [1.82, 2.24) is 24.3 Å². The minimum Gasteiger partial charge on any atom is -0.337 e. The molecule has 146 valence electrons. The van der Waals surface area contributed by atoms with Crippen molar-refractivity contribution < 1.29 is 18.0 Å². The van der Waals surface area contributed by atoms with Gasteiger partial charge < -0.3 is 9.80 Å². The number of rotatable bonds is 2. The molecule has 1 amide bonds. The number of alkyl halides is 3. The summed E-state index contributed by atoms with van der Waals surface area (Å²) in [4.78, 5) is 29.3. The number of hydrogen-bond acceptors (Lipinski definition) is 5. The molecule has 10 heteroatoms. The van der Waals surface area contributed by atoms with Gasteiger partial charge in [0.15, 0.2) is 0 Å². The van der Waals surface area contributed by atoms with Gasteiger partial charge in [0.2, 0.25) is 5.95 Å². The van der Waals surface area contributed by atoms with Crippen LogP contribution in [0.25, 0.3) is 5.65 Å². The quantitative estimate of drug-likeness (QED) is 0.672. The first-order chi connectivity index (χ1) is 13.3. The van der Waals surface area contributed by atoms with Crippen molar-refractivity contribution in [3.05, 3.63) is 53.7 Å². The van der Waals surface area contributed by atoms with E-state index in [-0.39, 0.29) is 11.6 Å². The highest BCUT2D eigenvalue weighted by molar-refractivity contribution is 5.95. The molecule has 0 radical (unpaired) electrons. The van der Waals surface area contributed by atoms with Crippen LogP contribution in [-0.4, -0.2) is 56.3 Å². The Morgan fingerprint density at radius 2 is 1.75 bits per heavy atom. The van der Waals surface area contributed by atoms with E-state index >= 15 is 0 Å². The third-order valence-corrected chi connectivity index (χ3v) is 4.72. The van der Waals surface area contributed by atoms with Crippen LogP contribution < -0.4 is 4.90 Å². The maximum absolute atomic E-state index is 13.1. The fourth-order valence-electron chi connectivity index (χ4n) is 3.30. The van der Waals surface area contributed by atoms with Crippen molar-refractivity contribution in [3.63, 3.8) is 0 Å². The van der Waals surface area contributed by atoms with Crippen LogP contribution >= 0.6 is 0 Å². The summed E-state index contributed by atoms with van der Waals surface area (Å²) in [6.07, 6.45) is -0.260. The number of carbonyl (C=O) groups is 1. The topological polar surface area (TPSA) is 66.6 Å². The maximum atomic E-state index is 13.1. The fraction of sp³-hybridized carbons (Fsp3) is 0.333. The number of pyridine rings is 1. The van der Waals surface area contributed by atoms with E-state index < -0.39 is 11.7 Å². The lowest BCUT2D eigenvalue weighted by Gasteiger charge is -2.34. The molecule has 0 spiro atoms. The van der Waals surface area contributed by atoms with Gasteiger partial charge in [-0.25, -0.2) is 15.0 Å². The first-order valence-electron chi connectivity index (χ1n) is 8.72. The van der Waals surface area contributed by atoms with Crippen LogP contribution in [0.2, 0.25) is 0 Å². The molecule has 28 heavy (non-hydrogen) atoms. The smallest absolute Gasteiger partial charge is 0.337 e. The van der Waals surface area contributed by atoms with Gasteiger partial charge in [-0.2, -0.15) is 13.2 Å². The summed E-state index contributed by atoms with van der Waals surface area (Å²) >= 11 is 0. The summed E-state index contributed by atoms with van der Waals surface area (Å²) in [5.74, 6) is 0.258. The lowest BCUT2D eigenvalue weighted by molar-refractivity contribution is -0.137. The number of aromatic nitrogens is 4. The number of hydrogen-bond donors (Lipinski definition) is 0. The zero-order chi connectivity index (χ0) is 19.9. The van der Waals surface area contributed by atoms with Crippen LogP contribution in [0.1, 0.15) is 21.7 Å². The lowest BCUT2D eigenvalue weighted by atomic mass is 10.2. The average molecular weight is 390 g/mol. The van der Waals surface area contributed by atoms with Gasteiger partial charge in [-0.05, 0) is 25.1 Å². The molecule has 0 saturated carbocycles. The van der Waals surface area contributed by atoms with Crippen LogP contribution in [0.4, 0.5) is 19.1 Å². The zero-order valence-corrected chi connectivity index (χ0v) is 15.0.